The average molecular weight is 511 g/mol. The molecule has 3 rings (SSSR count). The molecule has 36 heavy (non-hydrogen) atoms. The molecule has 1 heterocycles. The average Bonchev–Trinajstić information content (AvgIpc) is 3.28. The fraction of sp³-hybridized carbons (Fsp3) is 0.273. The quantitative estimate of drug-likeness (QED) is 0.302. The van der Waals surface area contributed by atoms with Gasteiger partial charge in [-0.05, 0) is 36.4 Å². The third kappa shape index (κ3) is 7.23. The van der Waals surface area contributed by atoms with Crippen LogP contribution >= 0.6 is 0 Å². The van der Waals surface area contributed by atoms with Gasteiger partial charge in [-0.25, -0.2) is 9.07 Å². The van der Waals surface area contributed by atoms with Gasteiger partial charge in [0.1, 0.15) is 30.4 Å². The topological polar surface area (TPSA) is 139 Å². The van der Waals surface area contributed by atoms with E-state index < -0.39 is 43.1 Å². The van der Waals surface area contributed by atoms with Gasteiger partial charge < -0.3 is 25.6 Å². The van der Waals surface area contributed by atoms with Crippen LogP contribution in [0.1, 0.15) is 26.5 Å². The molecule has 1 atom stereocenters. The first-order chi connectivity index (χ1) is 17.1. The van der Waals surface area contributed by atoms with Gasteiger partial charge >= 0.3 is 6.18 Å². The highest BCUT2D eigenvalue weighted by molar-refractivity contribution is 5.94. The largest absolute Gasteiger partial charge is 0.487 e. The Morgan fingerprint density at radius 2 is 1.81 bits per heavy atom. The van der Waals surface area contributed by atoms with Gasteiger partial charge in [-0.1, -0.05) is 11.3 Å². The molecule has 0 aliphatic rings. The minimum absolute atomic E-state index is 0.0448. The lowest BCUT2D eigenvalue weighted by Gasteiger charge is -2.12. The molecule has 0 saturated carbocycles. The lowest BCUT2D eigenvalue weighted by molar-refractivity contribution is -0.123. The zero-order chi connectivity index (χ0) is 26.3. The standard InChI is InChI=1S/C22H21F4N5O5/c23-14-2-1-3-17(8-14)36-11-18-19(21(35)27-9-16(33)10-32)29-30-31(18)15-6-4-13(5-7-15)20(34)28-12-22(24,25)26/h1-8,16,32-33H,9-12H2,(H,27,35)(H,28,34)/t16-/m1/s1. The number of carbonyl (C=O) groups is 2. The summed E-state index contributed by atoms with van der Waals surface area (Å²) in [6.45, 7) is -2.63. The van der Waals surface area contributed by atoms with E-state index in [9.17, 15) is 32.3 Å². The molecule has 0 fully saturated rings. The van der Waals surface area contributed by atoms with Gasteiger partial charge in [0.25, 0.3) is 11.8 Å². The van der Waals surface area contributed by atoms with Crippen LogP contribution in [0.25, 0.3) is 5.69 Å². The van der Waals surface area contributed by atoms with E-state index in [0.717, 1.165) is 6.07 Å². The number of nitrogens with zero attached hydrogens (tertiary/aromatic N) is 3. The molecule has 192 valence electrons. The van der Waals surface area contributed by atoms with E-state index in [4.69, 9.17) is 9.84 Å². The van der Waals surface area contributed by atoms with Gasteiger partial charge in [-0.3, -0.25) is 9.59 Å². The molecule has 10 nitrogen and oxygen atoms in total. The van der Waals surface area contributed by atoms with Crippen LogP contribution in [0.4, 0.5) is 17.6 Å². The Hall–Kier alpha value is -4.04. The molecule has 0 radical (unpaired) electrons. The maximum atomic E-state index is 13.5. The molecule has 2 aromatic carbocycles. The number of ether oxygens (including phenoxy) is 1. The van der Waals surface area contributed by atoms with Crippen molar-refractivity contribution in [2.45, 2.75) is 18.9 Å². The van der Waals surface area contributed by atoms with Gasteiger partial charge in [0.05, 0.1) is 18.4 Å². The van der Waals surface area contributed by atoms with Crippen molar-refractivity contribution in [1.29, 1.82) is 0 Å². The first-order valence-corrected chi connectivity index (χ1v) is 10.4. The number of hydrogen-bond acceptors (Lipinski definition) is 7. The molecule has 0 unspecified atom stereocenters. The van der Waals surface area contributed by atoms with Crippen molar-refractivity contribution >= 4 is 11.8 Å². The van der Waals surface area contributed by atoms with Crippen molar-refractivity contribution in [1.82, 2.24) is 25.6 Å². The number of nitrogens with one attached hydrogen (secondary N) is 2. The number of hydrogen-bond donors (Lipinski definition) is 4. The van der Waals surface area contributed by atoms with E-state index in [2.05, 4.69) is 15.6 Å². The Morgan fingerprint density at radius 1 is 1.08 bits per heavy atom. The molecule has 0 spiro atoms. The third-order valence-electron chi connectivity index (χ3n) is 4.68. The normalized spacial score (nSPS) is 12.2. The second kappa shape index (κ2) is 11.6. The molecule has 14 heteroatoms. The summed E-state index contributed by atoms with van der Waals surface area (Å²) in [7, 11) is 0. The Morgan fingerprint density at radius 3 is 2.44 bits per heavy atom. The van der Waals surface area contributed by atoms with Crippen LogP contribution in [-0.2, 0) is 6.61 Å². The Kier molecular flexibility index (Phi) is 8.55. The molecule has 0 bridgehead atoms. The van der Waals surface area contributed by atoms with Crippen LogP contribution in [0.3, 0.4) is 0 Å². The Bertz CT molecular complexity index is 1200. The predicted molar refractivity (Wildman–Crippen MR) is 116 cm³/mol. The molecule has 1 aromatic heterocycles. The maximum Gasteiger partial charge on any atom is 0.405 e. The van der Waals surface area contributed by atoms with Crippen LogP contribution in [0.2, 0.25) is 0 Å². The van der Waals surface area contributed by atoms with Gasteiger partial charge in [-0.2, -0.15) is 13.2 Å². The zero-order valence-electron chi connectivity index (χ0n) is 18.5. The Labute approximate surface area is 201 Å². The van der Waals surface area contributed by atoms with Crippen molar-refractivity contribution < 1.29 is 42.1 Å². The smallest absolute Gasteiger partial charge is 0.405 e. The molecular weight excluding hydrogens is 490 g/mol. The van der Waals surface area contributed by atoms with E-state index in [1.165, 1.54) is 47.1 Å². The van der Waals surface area contributed by atoms with Crippen molar-refractivity contribution in [3.05, 3.63) is 71.3 Å². The minimum atomic E-state index is -4.56. The van der Waals surface area contributed by atoms with Gasteiger partial charge in [0.15, 0.2) is 5.69 Å². The number of carbonyl (C=O) groups excluding carboxylic acids is 2. The van der Waals surface area contributed by atoms with Crippen molar-refractivity contribution in [2.75, 3.05) is 19.7 Å². The van der Waals surface area contributed by atoms with Crippen molar-refractivity contribution in [3.8, 4) is 11.4 Å². The SMILES string of the molecule is O=C(NCC(F)(F)F)c1ccc(-n2nnc(C(=O)NC[C@@H](O)CO)c2COc2cccc(F)c2)cc1. The van der Waals surface area contributed by atoms with E-state index in [0.29, 0.717) is 5.69 Å². The van der Waals surface area contributed by atoms with Crippen LogP contribution in [0.5, 0.6) is 5.75 Å². The molecule has 4 N–H and O–H groups in total. The molecule has 3 aromatic rings. The van der Waals surface area contributed by atoms with Gasteiger partial charge in [0.2, 0.25) is 0 Å². The van der Waals surface area contributed by atoms with E-state index in [-0.39, 0.29) is 35.9 Å². The second-order valence-corrected chi connectivity index (χ2v) is 7.43. The first kappa shape index (κ1) is 26.6. The number of aromatic nitrogens is 3. The number of benzene rings is 2. The molecule has 0 aliphatic carbocycles. The van der Waals surface area contributed by atoms with Crippen LogP contribution < -0.4 is 15.4 Å². The number of rotatable bonds is 10. The van der Waals surface area contributed by atoms with Crippen LogP contribution in [-0.4, -0.2) is 69.0 Å². The zero-order valence-corrected chi connectivity index (χ0v) is 18.5. The summed E-state index contributed by atoms with van der Waals surface area (Å²) in [5.41, 5.74) is 0.173. The third-order valence-corrected chi connectivity index (χ3v) is 4.68. The van der Waals surface area contributed by atoms with Crippen LogP contribution in [0.15, 0.2) is 48.5 Å². The molecular formula is C22H21F4N5O5. The first-order valence-electron chi connectivity index (χ1n) is 10.4. The highest BCUT2D eigenvalue weighted by Crippen LogP contribution is 2.19. The highest BCUT2D eigenvalue weighted by atomic mass is 19.4. The number of aliphatic hydroxyl groups is 2. The number of halogens is 4. The minimum Gasteiger partial charge on any atom is -0.487 e. The summed E-state index contributed by atoms with van der Waals surface area (Å²) >= 11 is 0. The summed E-state index contributed by atoms with van der Waals surface area (Å²) in [6, 6.07) is 10.5. The van der Waals surface area contributed by atoms with Gasteiger partial charge in [0, 0.05) is 18.2 Å². The summed E-state index contributed by atoms with van der Waals surface area (Å²) in [5, 5.41) is 30.3. The summed E-state index contributed by atoms with van der Waals surface area (Å²) in [5.74, 6) is -2.07. The number of alkyl halides is 3. The second-order valence-electron chi connectivity index (χ2n) is 7.43. The summed E-state index contributed by atoms with van der Waals surface area (Å²) in [4.78, 5) is 24.6. The lowest BCUT2D eigenvalue weighted by Crippen LogP contribution is -2.34. The predicted octanol–water partition coefficient (Wildman–Crippen LogP) is 1.36. The lowest BCUT2D eigenvalue weighted by atomic mass is 10.2. The molecule has 2 amide bonds. The Balaban J connectivity index is 1.85. The van der Waals surface area contributed by atoms with Gasteiger partial charge in [-0.15, -0.1) is 5.10 Å². The fourth-order valence-electron chi connectivity index (χ4n) is 2.92. The highest BCUT2D eigenvalue weighted by Gasteiger charge is 2.28. The number of aliphatic hydroxyl groups excluding tert-OH is 2. The fourth-order valence-corrected chi connectivity index (χ4v) is 2.92. The summed E-state index contributed by atoms with van der Waals surface area (Å²) in [6.07, 6.45) is -5.76. The van der Waals surface area contributed by atoms with E-state index >= 15 is 0 Å². The molecule has 0 aliphatic heterocycles. The van der Waals surface area contributed by atoms with Crippen LogP contribution in [0, 0.1) is 5.82 Å². The monoisotopic (exact) mass is 511 g/mol. The number of amides is 2. The van der Waals surface area contributed by atoms with E-state index in [1.54, 1.807) is 5.32 Å². The maximum absolute atomic E-state index is 13.5. The van der Waals surface area contributed by atoms with Crippen molar-refractivity contribution in [2.24, 2.45) is 0 Å². The summed E-state index contributed by atoms with van der Waals surface area (Å²) < 4.78 is 57.3. The molecule has 0 saturated heterocycles. The van der Waals surface area contributed by atoms with Crippen molar-refractivity contribution in [3.63, 3.8) is 0 Å². The van der Waals surface area contributed by atoms with E-state index in [1.807, 2.05) is 0 Å².